The third-order valence-electron chi connectivity index (χ3n) is 5.35. The van der Waals surface area contributed by atoms with Gasteiger partial charge in [0.25, 0.3) is 0 Å². The van der Waals surface area contributed by atoms with E-state index in [4.69, 9.17) is 15.6 Å². The summed E-state index contributed by atoms with van der Waals surface area (Å²) in [7, 11) is 0. The van der Waals surface area contributed by atoms with Crippen LogP contribution >= 0.6 is 0 Å². The summed E-state index contributed by atoms with van der Waals surface area (Å²) >= 11 is 0. The highest BCUT2D eigenvalue weighted by atomic mass is 16.5. The summed E-state index contributed by atoms with van der Waals surface area (Å²) in [6.07, 6.45) is 0.487. The number of aliphatic imine (C=N–C) groups is 1. The summed E-state index contributed by atoms with van der Waals surface area (Å²) in [4.78, 5) is 16.9. The zero-order chi connectivity index (χ0) is 24.5. The summed E-state index contributed by atoms with van der Waals surface area (Å²) in [5.74, 6) is 1.26. The van der Waals surface area contributed by atoms with E-state index in [1.54, 1.807) is 0 Å². The van der Waals surface area contributed by atoms with Crippen LogP contribution in [-0.4, -0.2) is 34.7 Å². The standard InChI is InChI=1S/C28H28N4O3/c29-28(30-18-7-19-33)31-27(34)20-32-25(21-8-3-1-4-9-21)16-17-26(32)22-12-14-24(15-13-22)35-23-10-5-2-6-11-23/h1-6,8-17,33H,7,18-20H2,(H3,29,30,31,34). The number of benzene rings is 3. The van der Waals surface area contributed by atoms with E-state index in [-0.39, 0.29) is 25.0 Å². The lowest BCUT2D eigenvalue weighted by Crippen LogP contribution is -2.39. The molecule has 0 bridgehead atoms. The first-order valence-electron chi connectivity index (χ1n) is 11.4. The molecule has 0 saturated heterocycles. The van der Waals surface area contributed by atoms with Crippen molar-refractivity contribution in [2.75, 3.05) is 13.2 Å². The molecule has 4 rings (SSSR count). The maximum absolute atomic E-state index is 12.8. The van der Waals surface area contributed by atoms with Crippen molar-refractivity contribution in [2.24, 2.45) is 10.7 Å². The lowest BCUT2D eigenvalue weighted by molar-refractivity contribution is -0.120. The van der Waals surface area contributed by atoms with Gasteiger partial charge in [0.15, 0.2) is 5.96 Å². The van der Waals surface area contributed by atoms with Gasteiger partial charge in [-0.1, -0.05) is 48.5 Å². The van der Waals surface area contributed by atoms with Crippen LogP contribution in [0.3, 0.4) is 0 Å². The first-order chi connectivity index (χ1) is 17.1. The number of para-hydroxylation sites is 1. The summed E-state index contributed by atoms with van der Waals surface area (Å²) in [5.41, 5.74) is 9.59. The lowest BCUT2D eigenvalue weighted by Gasteiger charge is -2.15. The Bertz CT molecular complexity index is 1270. The smallest absolute Gasteiger partial charge is 0.246 e. The molecule has 7 nitrogen and oxygen atoms in total. The van der Waals surface area contributed by atoms with E-state index < -0.39 is 0 Å². The molecule has 0 saturated carbocycles. The minimum absolute atomic E-state index is 0.0209. The molecule has 0 fully saturated rings. The van der Waals surface area contributed by atoms with E-state index in [2.05, 4.69) is 10.3 Å². The van der Waals surface area contributed by atoms with Gasteiger partial charge in [0, 0.05) is 24.5 Å². The molecule has 35 heavy (non-hydrogen) atoms. The van der Waals surface area contributed by atoms with E-state index in [0.29, 0.717) is 13.0 Å². The molecule has 0 unspecified atom stereocenters. The molecule has 4 aromatic rings. The number of amides is 1. The highest BCUT2D eigenvalue weighted by molar-refractivity contribution is 5.96. The molecule has 0 radical (unpaired) electrons. The molecule has 0 aliphatic carbocycles. The number of nitrogens with zero attached hydrogens (tertiary/aromatic N) is 2. The zero-order valence-electron chi connectivity index (χ0n) is 19.3. The van der Waals surface area contributed by atoms with Gasteiger partial charge in [-0.15, -0.1) is 0 Å². The van der Waals surface area contributed by atoms with Crippen molar-refractivity contribution in [3.05, 3.63) is 97.1 Å². The molecule has 0 spiro atoms. The normalized spacial score (nSPS) is 11.3. The van der Waals surface area contributed by atoms with Crippen LogP contribution in [-0.2, 0) is 11.3 Å². The summed E-state index contributed by atoms with van der Waals surface area (Å²) in [6.45, 7) is 0.433. The Balaban J connectivity index is 1.59. The fraction of sp³-hybridized carbons (Fsp3) is 0.143. The topological polar surface area (TPSA) is 102 Å². The summed E-state index contributed by atoms with van der Waals surface area (Å²) in [5, 5.41) is 11.5. The molecule has 1 heterocycles. The van der Waals surface area contributed by atoms with Crippen LogP contribution in [0.5, 0.6) is 11.5 Å². The zero-order valence-corrected chi connectivity index (χ0v) is 19.3. The SMILES string of the molecule is NC(=NCCCO)NC(=O)Cn1c(-c2ccccc2)ccc1-c1ccc(Oc2ccccc2)cc1. The van der Waals surface area contributed by atoms with Crippen LogP contribution in [0.15, 0.2) is 102 Å². The highest BCUT2D eigenvalue weighted by Gasteiger charge is 2.15. The van der Waals surface area contributed by atoms with Crippen molar-refractivity contribution in [3.63, 3.8) is 0 Å². The van der Waals surface area contributed by atoms with Gasteiger partial charge in [0.05, 0.1) is 0 Å². The van der Waals surface area contributed by atoms with Crippen molar-refractivity contribution in [2.45, 2.75) is 13.0 Å². The van der Waals surface area contributed by atoms with Crippen molar-refractivity contribution in [1.29, 1.82) is 0 Å². The van der Waals surface area contributed by atoms with Crippen LogP contribution < -0.4 is 15.8 Å². The third kappa shape index (κ3) is 6.37. The Kier molecular flexibility index (Phi) is 7.93. The number of hydrogen-bond donors (Lipinski definition) is 3. The van der Waals surface area contributed by atoms with Gasteiger partial charge in [-0.2, -0.15) is 0 Å². The minimum atomic E-state index is -0.283. The van der Waals surface area contributed by atoms with Crippen molar-refractivity contribution < 1.29 is 14.6 Å². The Morgan fingerprint density at radius 3 is 2.03 bits per heavy atom. The minimum Gasteiger partial charge on any atom is -0.457 e. The van der Waals surface area contributed by atoms with Gasteiger partial charge in [0.1, 0.15) is 18.0 Å². The molecule has 3 aromatic carbocycles. The number of carbonyl (C=O) groups excluding carboxylic acids is 1. The van der Waals surface area contributed by atoms with Crippen LogP contribution in [0.4, 0.5) is 0 Å². The van der Waals surface area contributed by atoms with E-state index in [9.17, 15) is 4.79 Å². The average Bonchev–Trinajstić information content (AvgIpc) is 3.29. The van der Waals surface area contributed by atoms with Crippen LogP contribution in [0.2, 0.25) is 0 Å². The number of aromatic nitrogens is 1. The maximum Gasteiger partial charge on any atom is 0.246 e. The van der Waals surface area contributed by atoms with Gasteiger partial charge >= 0.3 is 0 Å². The van der Waals surface area contributed by atoms with E-state index in [1.807, 2.05) is 102 Å². The predicted molar refractivity (Wildman–Crippen MR) is 138 cm³/mol. The molecular weight excluding hydrogens is 440 g/mol. The fourth-order valence-corrected chi connectivity index (χ4v) is 3.71. The van der Waals surface area contributed by atoms with Crippen LogP contribution in [0, 0.1) is 0 Å². The average molecular weight is 469 g/mol. The van der Waals surface area contributed by atoms with E-state index >= 15 is 0 Å². The Morgan fingerprint density at radius 1 is 0.829 bits per heavy atom. The van der Waals surface area contributed by atoms with Crippen LogP contribution in [0.25, 0.3) is 22.5 Å². The first-order valence-corrected chi connectivity index (χ1v) is 11.4. The Hall–Kier alpha value is -4.36. The predicted octanol–water partition coefficient (Wildman–Crippen LogP) is 4.43. The van der Waals surface area contributed by atoms with Crippen molar-refractivity contribution in [1.82, 2.24) is 9.88 Å². The Labute approximate surface area is 204 Å². The summed E-state index contributed by atoms with van der Waals surface area (Å²) in [6, 6.07) is 31.3. The summed E-state index contributed by atoms with van der Waals surface area (Å²) < 4.78 is 7.87. The van der Waals surface area contributed by atoms with E-state index in [0.717, 1.165) is 34.0 Å². The van der Waals surface area contributed by atoms with Crippen molar-refractivity contribution >= 4 is 11.9 Å². The molecular formula is C28H28N4O3. The van der Waals surface area contributed by atoms with Gasteiger partial charge in [-0.3, -0.25) is 15.1 Å². The molecule has 0 aliphatic heterocycles. The fourth-order valence-electron chi connectivity index (χ4n) is 3.71. The van der Waals surface area contributed by atoms with Crippen molar-refractivity contribution in [3.8, 4) is 34.0 Å². The molecule has 1 aromatic heterocycles. The van der Waals surface area contributed by atoms with Crippen LogP contribution in [0.1, 0.15) is 6.42 Å². The maximum atomic E-state index is 12.8. The number of aliphatic hydroxyl groups is 1. The number of hydrogen-bond acceptors (Lipinski definition) is 4. The lowest BCUT2D eigenvalue weighted by atomic mass is 10.1. The number of rotatable bonds is 9. The molecule has 1 amide bonds. The van der Waals surface area contributed by atoms with Gasteiger partial charge in [0.2, 0.25) is 5.91 Å². The largest absolute Gasteiger partial charge is 0.457 e. The monoisotopic (exact) mass is 468 g/mol. The molecule has 0 atom stereocenters. The molecule has 4 N–H and O–H groups in total. The number of guanidine groups is 1. The second-order valence-corrected chi connectivity index (χ2v) is 7.89. The second-order valence-electron chi connectivity index (χ2n) is 7.89. The van der Waals surface area contributed by atoms with Gasteiger partial charge in [-0.25, -0.2) is 0 Å². The number of aliphatic hydroxyl groups excluding tert-OH is 1. The first kappa shape index (κ1) is 23.8. The van der Waals surface area contributed by atoms with Gasteiger partial charge in [-0.05, 0) is 66.1 Å². The number of ether oxygens (including phenoxy) is 1. The van der Waals surface area contributed by atoms with E-state index in [1.165, 1.54) is 0 Å². The molecule has 0 aliphatic rings. The number of nitrogens with two attached hydrogens (primary N) is 1. The quantitative estimate of drug-likeness (QED) is 0.192. The Morgan fingerprint density at radius 2 is 1.40 bits per heavy atom. The number of carbonyl (C=O) groups is 1. The number of nitrogens with one attached hydrogen (secondary N) is 1. The van der Waals surface area contributed by atoms with Gasteiger partial charge < -0.3 is 20.1 Å². The molecule has 7 heteroatoms. The highest BCUT2D eigenvalue weighted by Crippen LogP contribution is 2.31. The third-order valence-corrected chi connectivity index (χ3v) is 5.35. The molecule has 178 valence electrons. The second kappa shape index (κ2) is 11.7.